The maximum Gasteiger partial charge on any atom is 0.139 e. The van der Waals surface area contributed by atoms with Crippen molar-refractivity contribution in [3.63, 3.8) is 0 Å². The summed E-state index contributed by atoms with van der Waals surface area (Å²) >= 11 is 0. The normalized spacial score (nSPS) is 28.2. The van der Waals surface area contributed by atoms with Gasteiger partial charge in [0.05, 0.1) is 0 Å². The molecule has 0 aromatic carbocycles. The van der Waals surface area contributed by atoms with Crippen molar-refractivity contribution >= 4 is 5.84 Å². The van der Waals surface area contributed by atoms with Crippen LogP contribution in [0.1, 0.15) is 25.7 Å². The molecule has 5 nitrogen and oxygen atoms in total. The van der Waals surface area contributed by atoms with E-state index in [-0.39, 0.29) is 0 Å². The van der Waals surface area contributed by atoms with Crippen LogP contribution in [0.25, 0.3) is 0 Å². The Labute approximate surface area is 96.9 Å². The van der Waals surface area contributed by atoms with E-state index in [0.717, 1.165) is 19.0 Å². The minimum atomic E-state index is 0.347. The quantitative estimate of drug-likeness (QED) is 0.313. The van der Waals surface area contributed by atoms with Crippen LogP contribution in [0.2, 0.25) is 0 Å². The molecule has 0 spiro atoms. The number of hydrogen-bond acceptors (Lipinski definition) is 4. The topological polar surface area (TPSA) is 65.1 Å². The van der Waals surface area contributed by atoms with Gasteiger partial charge in [-0.15, -0.1) is 0 Å². The lowest BCUT2D eigenvalue weighted by atomic mass is 10.1. The monoisotopic (exact) mass is 226 g/mol. The first-order valence-corrected chi connectivity index (χ1v) is 6.22. The minimum Gasteiger partial charge on any atom is -0.409 e. The Hall–Kier alpha value is -0.810. The molecule has 2 aliphatic rings. The van der Waals surface area contributed by atoms with E-state index < -0.39 is 0 Å². The second-order valence-electron chi connectivity index (χ2n) is 4.83. The molecule has 2 fully saturated rings. The van der Waals surface area contributed by atoms with Crippen LogP contribution < -0.4 is 5.73 Å². The summed E-state index contributed by atoms with van der Waals surface area (Å²) in [6.45, 7) is 5.96. The zero-order valence-corrected chi connectivity index (χ0v) is 9.81. The first-order valence-electron chi connectivity index (χ1n) is 6.22. The summed E-state index contributed by atoms with van der Waals surface area (Å²) in [6, 6.07) is 0.789. The van der Waals surface area contributed by atoms with Crippen LogP contribution in [0, 0.1) is 0 Å². The molecule has 0 saturated carbocycles. The number of piperazine rings is 1. The maximum atomic E-state index is 8.44. The Bertz CT molecular complexity index is 256. The molecular weight excluding hydrogens is 204 g/mol. The van der Waals surface area contributed by atoms with Crippen LogP contribution in [0.5, 0.6) is 0 Å². The molecule has 0 amide bonds. The molecule has 5 heteroatoms. The maximum absolute atomic E-state index is 8.44. The molecule has 0 aromatic heterocycles. The summed E-state index contributed by atoms with van der Waals surface area (Å²) in [5.74, 6) is 0.347. The fraction of sp³-hybridized carbons (Fsp3) is 0.909. The second kappa shape index (κ2) is 5.50. The van der Waals surface area contributed by atoms with E-state index in [2.05, 4.69) is 15.0 Å². The van der Waals surface area contributed by atoms with Gasteiger partial charge >= 0.3 is 0 Å². The van der Waals surface area contributed by atoms with Gasteiger partial charge in [-0.1, -0.05) is 5.16 Å². The molecule has 0 aromatic rings. The van der Waals surface area contributed by atoms with Gasteiger partial charge in [0.15, 0.2) is 0 Å². The molecule has 2 rings (SSSR count). The molecule has 0 aliphatic carbocycles. The number of fused-ring (bicyclic) bond motifs is 1. The average molecular weight is 226 g/mol. The smallest absolute Gasteiger partial charge is 0.139 e. The Morgan fingerprint density at radius 2 is 2.25 bits per heavy atom. The average Bonchev–Trinajstić information content (AvgIpc) is 2.76. The van der Waals surface area contributed by atoms with Crippen molar-refractivity contribution in [3.8, 4) is 0 Å². The lowest BCUT2D eigenvalue weighted by molar-refractivity contribution is 0.104. The molecule has 2 heterocycles. The number of nitrogens with two attached hydrogens (primary N) is 1. The largest absolute Gasteiger partial charge is 0.409 e. The standard InChI is InChI=1S/C11H22N4O/c12-11(13-16)4-2-5-14-7-8-15-6-1-3-10(15)9-14/h10,16H,1-9H2,(H2,12,13). The third kappa shape index (κ3) is 2.86. The van der Waals surface area contributed by atoms with E-state index >= 15 is 0 Å². The van der Waals surface area contributed by atoms with Gasteiger partial charge in [0, 0.05) is 32.1 Å². The van der Waals surface area contributed by atoms with E-state index in [1.165, 1.54) is 39.0 Å². The predicted molar refractivity (Wildman–Crippen MR) is 63.7 cm³/mol. The van der Waals surface area contributed by atoms with Crippen molar-refractivity contribution in [3.05, 3.63) is 0 Å². The molecular formula is C11H22N4O. The van der Waals surface area contributed by atoms with Crippen molar-refractivity contribution in [1.82, 2.24) is 9.80 Å². The molecule has 2 saturated heterocycles. The summed E-state index contributed by atoms with van der Waals surface area (Å²) in [6.07, 6.45) is 4.41. The lowest BCUT2D eigenvalue weighted by Gasteiger charge is -2.37. The van der Waals surface area contributed by atoms with Crippen LogP contribution in [0.4, 0.5) is 0 Å². The van der Waals surface area contributed by atoms with Crippen LogP contribution in [0.15, 0.2) is 5.16 Å². The third-order valence-electron chi connectivity index (χ3n) is 3.71. The summed E-state index contributed by atoms with van der Waals surface area (Å²) in [5.41, 5.74) is 5.45. The van der Waals surface area contributed by atoms with Crippen molar-refractivity contribution in [2.45, 2.75) is 31.7 Å². The molecule has 0 bridgehead atoms. The van der Waals surface area contributed by atoms with Gasteiger partial charge in [0.2, 0.25) is 0 Å². The summed E-state index contributed by atoms with van der Waals surface area (Å²) in [4.78, 5) is 5.12. The van der Waals surface area contributed by atoms with E-state index in [4.69, 9.17) is 10.9 Å². The van der Waals surface area contributed by atoms with Gasteiger partial charge in [0.1, 0.15) is 5.84 Å². The number of nitrogens with zero attached hydrogens (tertiary/aromatic N) is 3. The summed E-state index contributed by atoms with van der Waals surface area (Å²) in [7, 11) is 0. The van der Waals surface area contributed by atoms with Gasteiger partial charge in [-0.25, -0.2) is 0 Å². The zero-order chi connectivity index (χ0) is 11.4. The van der Waals surface area contributed by atoms with Crippen molar-refractivity contribution in [1.29, 1.82) is 0 Å². The lowest BCUT2D eigenvalue weighted by Crippen LogP contribution is -2.50. The summed E-state index contributed by atoms with van der Waals surface area (Å²) < 4.78 is 0. The first kappa shape index (κ1) is 11.7. The van der Waals surface area contributed by atoms with Crippen LogP contribution in [0.3, 0.4) is 0 Å². The van der Waals surface area contributed by atoms with Gasteiger partial charge in [-0.3, -0.25) is 4.90 Å². The predicted octanol–water partition coefficient (Wildman–Crippen LogP) is 0.293. The molecule has 2 aliphatic heterocycles. The number of amidine groups is 1. The van der Waals surface area contributed by atoms with E-state index in [1.807, 2.05) is 0 Å². The zero-order valence-electron chi connectivity index (χ0n) is 9.81. The van der Waals surface area contributed by atoms with Gasteiger partial charge in [-0.2, -0.15) is 0 Å². The highest BCUT2D eigenvalue weighted by atomic mass is 16.4. The first-order chi connectivity index (χ1) is 7.79. The number of hydrogen-bond donors (Lipinski definition) is 2. The summed E-state index contributed by atoms with van der Waals surface area (Å²) in [5, 5.41) is 11.4. The van der Waals surface area contributed by atoms with Crippen molar-refractivity contribution in [2.75, 3.05) is 32.7 Å². The molecule has 0 radical (unpaired) electrons. The van der Waals surface area contributed by atoms with Crippen LogP contribution >= 0.6 is 0 Å². The fourth-order valence-corrected chi connectivity index (χ4v) is 2.79. The Balaban J connectivity index is 1.67. The highest BCUT2D eigenvalue weighted by Gasteiger charge is 2.29. The van der Waals surface area contributed by atoms with Gasteiger partial charge < -0.3 is 15.8 Å². The van der Waals surface area contributed by atoms with Crippen molar-refractivity contribution in [2.24, 2.45) is 10.9 Å². The number of oxime groups is 1. The Morgan fingerprint density at radius 3 is 3.06 bits per heavy atom. The van der Waals surface area contributed by atoms with Gasteiger partial charge in [0.25, 0.3) is 0 Å². The highest BCUT2D eigenvalue weighted by molar-refractivity contribution is 5.79. The Morgan fingerprint density at radius 1 is 1.38 bits per heavy atom. The minimum absolute atomic E-state index is 0.347. The molecule has 16 heavy (non-hydrogen) atoms. The fourth-order valence-electron chi connectivity index (χ4n) is 2.79. The van der Waals surface area contributed by atoms with E-state index in [9.17, 15) is 0 Å². The van der Waals surface area contributed by atoms with Crippen molar-refractivity contribution < 1.29 is 5.21 Å². The van der Waals surface area contributed by atoms with E-state index in [0.29, 0.717) is 12.3 Å². The van der Waals surface area contributed by atoms with Gasteiger partial charge in [-0.05, 0) is 32.4 Å². The Kier molecular flexibility index (Phi) is 4.01. The van der Waals surface area contributed by atoms with E-state index in [1.54, 1.807) is 0 Å². The molecule has 1 unspecified atom stereocenters. The van der Waals surface area contributed by atoms with Crippen LogP contribution in [-0.2, 0) is 0 Å². The molecule has 92 valence electrons. The second-order valence-corrected chi connectivity index (χ2v) is 4.83. The molecule has 1 atom stereocenters. The highest BCUT2D eigenvalue weighted by Crippen LogP contribution is 2.21. The SMILES string of the molecule is NC(CCCN1CCN2CCCC2C1)=NO. The molecule has 3 N–H and O–H groups in total. The van der Waals surface area contributed by atoms with Crippen LogP contribution in [-0.4, -0.2) is 59.6 Å². The third-order valence-corrected chi connectivity index (χ3v) is 3.71. The number of rotatable bonds is 4.